The second-order valence-corrected chi connectivity index (χ2v) is 6.01. The fourth-order valence-electron chi connectivity index (χ4n) is 2.84. The van der Waals surface area contributed by atoms with E-state index in [1.807, 2.05) is 29.2 Å². The van der Waals surface area contributed by atoms with Gasteiger partial charge in [0.05, 0.1) is 5.56 Å². The first kappa shape index (κ1) is 18.8. The van der Waals surface area contributed by atoms with Crippen LogP contribution < -0.4 is 11.1 Å². The summed E-state index contributed by atoms with van der Waals surface area (Å²) in [6.07, 6.45) is 1.61. The number of nitrogen functional groups attached to an aromatic ring is 1. The Morgan fingerprint density at radius 1 is 1.08 bits per heavy atom. The molecule has 5 nitrogen and oxygen atoms in total. The molecule has 0 bridgehead atoms. The molecule has 1 aliphatic rings. The summed E-state index contributed by atoms with van der Waals surface area (Å²) in [6.45, 7) is 1.94. The second-order valence-electron chi connectivity index (χ2n) is 6.01. The minimum Gasteiger partial charge on any atom is -0.398 e. The Morgan fingerprint density at radius 2 is 1.76 bits per heavy atom. The highest BCUT2D eigenvalue weighted by molar-refractivity contribution is 5.99. The van der Waals surface area contributed by atoms with Crippen molar-refractivity contribution < 1.29 is 9.59 Å². The zero-order valence-corrected chi connectivity index (χ0v) is 14.7. The first-order chi connectivity index (χ1) is 11.6. The van der Waals surface area contributed by atoms with E-state index in [-0.39, 0.29) is 24.2 Å². The number of nitrogens with zero attached hydrogens (tertiary/aromatic N) is 1. The van der Waals surface area contributed by atoms with Gasteiger partial charge in [-0.1, -0.05) is 36.4 Å². The lowest BCUT2D eigenvalue weighted by atomic mass is 10.1. The minimum atomic E-state index is -0.181. The highest BCUT2D eigenvalue weighted by Gasteiger charge is 2.19. The van der Waals surface area contributed by atoms with Crippen LogP contribution in [0.3, 0.4) is 0 Å². The summed E-state index contributed by atoms with van der Waals surface area (Å²) in [6, 6.07) is 15.0. The van der Waals surface area contributed by atoms with Crippen molar-refractivity contribution in [3.05, 3.63) is 65.2 Å². The molecular weight excluding hydrogens is 338 g/mol. The predicted octanol–water partition coefficient (Wildman–Crippen LogP) is 2.74. The van der Waals surface area contributed by atoms with E-state index in [0.29, 0.717) is 30.8 Å². The molecule has 0 atom stereocenters. The monoisotopic (exact) mass is 359 g/mol. The van der Waals surface area contributed by atoms with E-state index < -0.39 is 0 Å². The Labute approximate surface area is 153 Å². The molecule has 1 saturated heterocycles. The maximum atomic E-state index is 12.1. The van der Waals surface area contributed by atoms with Crippen LogP contribution in [0.5, 0.6) is 0 Å². The summed E-state index contributed by atoms with van der Waals surface area (Å²) in [4.78, 5) is 25.7. The lowest BCUT2D eigenvalue weighted by Crippen LogP contribution is -2.24. The highest BCUT2D eigenvalue weighted by Crippen LogP contribution is 2.15. The number of amides is 2. The number of hydrogen-bond donors (Lipinski definition) is 2. The molecule has 2 aromatic carbocycles. The minimum absolute atomic E-state index is 0. The van der Waals surface area contributed by atoms with E-state index in [4.69, 9.17) is 5.73 Å². The van der Waals surface area contributed by atoms with Crippen molar-refractivity contribution in [3.63, 3.8) is 0 Å². The van der Waals surface area contributed by atoms with Crippen molar-refractivity contribution in [1.82, 2.24) is 10.2 Å². The van der Waals surface area contributed by atoms with Crippen LogP contribution in [0.1, 0.15) is 34.3 Å². The Morgan fingerprint density at radius 3 is 2.40 bits per heavy atom. The highest BCUT2D eigenvalue weighted by atomic mass is 35.5. The van der Waals surface area contributed by atoms with Crippen molar-refractivity contribution in [3.8, 4) is 0 Å². The summed E-state index contributed by atoms with van der Waals surface area (Å²) < 4.78 is 0. The van der Waals surface area contributed by atoms with Gasteiger partial charge in [0.1, 0.15) is 0 Å². The van der Waals surface area contributed by atoms with Gasteiger partial charge in [-0.15, -0.1) is 12.4 Å². The van der Waals surface area contributed by atoms with Crippen molar-refractivity contribution in [2.75, 3.05) is 12.3 Å². The molecule has 1 aliphatic heterocycles. The zero-order valence-electron chi connectivity index (χ0n) is 13.9. The smallest absolute Gasteiger partial charge is 0.253 e. The lowest BCUT2D eigenvalue weighted by Gasteiger charge is -2.15. The van der Waals surface area contributed by atoms with Crippen molar-refractivity contribution in [2.45, 2.75) is 25.9 Å². The largest absolute Gasteiger partial charge is 0.398 e. The van der Waals surface area contributed by atoms with Gasteiger partial charge in [0.15, 0.2) is 0 Å². The summed E-state index contributed by atoms with van der Waals surface area (Å²) in [5.41, 5.74) is 8.88. The average molecular weight is 360 g/mol. The third kappa shape index (κ3) is 4.73. The van der Waals surface area contributed by atoms with Gasteiger partial charge in [-0.2, -0.15) is 0 Å². The van der Waals surface area contributed by atoms with Crippen LogP contribution in [0, 0.1) is 0 Å². The molecule has 3 N–H and O–H groups in total. The predicted molar refractivity (Wildman–Crippen MR) is 100 cm³/mol. The molecule has 0 aromatic heterocycles. The summed E-state index contributed by atoms with van der Waals surface area (Å²) in [5.74, 6) is 0.0478. The van der Waals surface area contributed by atoms with Crippen LogP contribution in [-0.2, 0) is 17.9 Å². The Kier molecular flexibility index (Phi) is 6.42. The third-order valence-corrected chi connectivity index (χ3v) is 4.23. The van der Waals surface area contributed by atoms with E-state index in [1.54, 1.807) is 24.3 Å². The van der Waals surface area contributed by atoms with E-state index in [9.17, 15) is 9.59 Å². The Bertz CT molecular complexity index is 747. The van der Waals surface area contributed by atoms with Crippen molar-refractivity contribution in [1.29, 1.82) is 0 Å². The molecule has 132 valence electrons. The van der Waals surface area contributed by atoms with E-state index in [1.165, 1.54) is 0 Å². The van der Waals surface area contributed by atoms with Crippen LogP contribution >= 0.6 is 12.4 Å². The molecule has 6 heteroatoms. The van der Waals surface area contributed by atoms with Crippen LogP contribution in [0.15, 0.2) is 48.5 Å². The molecule has 0 radical (unpaired) electrons. The molecule has 2 aromatic rings. The Hall–Kier alpha value is -2.53. The topological polar surface area (TPSA) is 75.4 Å². The fraction of sp³-hybridized carbons (Fsp3) is 0.263. The van der Waals surface area contributed by atoms with E-state index in [2.05, 4.69) is 5.32 Å². The van der Waals surface area contributed by atoms with Gasteiger partial charge in [0.25, 0.3) is 5.91 Å². The summed E-state index contributed by atoms with van der Waals surface area (Å²) in [5, 5.41) is 2.87. The molecule has 3 rings (SSSR count). The number of nitrogens with two attached hydrogens (primary N) is 1. The standard InChI is InChI=1S/C19H21N3O2.ClH/c20-17-5-2-1-4-16(17)19(24)21-12-14-7-9-15(10-8-14)13-22-11-3-6-18(22)23;/h1-2,4-5,7-10H,3,6,11-13,20H2,(H,21,24);1H. The first-order valence-corrected chi connectivity index (χ1v) is 8.12. The molecular formula is C19H22ClN3O2. The number of para-hydroxylation sites is 1. The number of benzene rings is 2. The van der Waals surface area contributed by atoms with Gasteiger partial charge < -0.3 is 16.0 Å². The van der Waals surface area contributed by atoms with Gasteiger partial charge in [0, 0.05) is 31.7 Å². The van der Waals surface area contributed by atoms with Crippen LogP contribution in [0.4, 0.5) is 5.69 Å². The number of anilines is 1. The fourth-order valence-corrected chi connectivity index (χ4v) is 2.84. The normalized spacial score (nSPS) is 13.4. The summed E-state index contributed by atoms with van der Waals surface area (Å²) >= 11 is 0. The van der Waals surface area contributed by atoms with Gasteiger partial charge >= 0.3 is 0 Å². The molecule has 2 amide bonds. The lowest BCUT2D eigenvalue weighted by molar-refractivity contribution is -0.128. The van der Waals surface area contributed by atoms with Crippen LogP contribution in [-0.4, -0.2) is 23.3 Å². The van der Waals surface area contributed by atoms with Gasteiger partial charge in [-0.3, -0.25) is 9.59 Å². The molecule has 0 unspecified atom stereocenters. The van der Waals surface area contributed by atoms with Gasteiger partial charge in [0.2, 0.25) is 5.91 Å². The van der Waals surface area contributed by atoms with E-state index >= 15 is 0 Å². The van der Waals surface area contributed by atoms with Gasteiger partial charge in [-0.25, -0.2) is 0 Å². The molecule has 0 saturated carbocycles. The van der Waals surface area contributed by atoms with E-state index in [0.717, 1.165) is 24.1 Å². The number of carbonyl (C=O) groups is 2. The molecule has 0 aliphatic carbocycles. The zero-order chi connectivity index (χ0) is 16.9. The SMILES string of the molecule is Cl.Nc1ccccc1C(=O)NCc1ccc(CN2CCCC2=O)cc1. The van der Waals surface area contributed by atoms with Crippen LogP contribution in [0.25, 0.3) is 0 Å². The Balaban J connectivity index is 0.00000225. The number of likely N-dealkylation sites (tertiary alicyclic amines) is 1. The quantitative estimate of drug-likeness (QED) is 0.806. The van der Waals surface area contributed by atoms with Crippen LogP contribution in [0.2, 0.25) is 0 Å². The maximum Gasteiger partial charge on any atom is 0.253 e. The molecule has 1 fully saturated rings. The van der Waals surface area contributed by atoms with Crippen molar-refractivity contribution >= 4 is 29.9 Å². The first-order valence-electron chi connectivity index (χ1n) is 8.12. The second kappa shape index (κ2) is 8.53. The number of nitrogens with one attached hydrogen (secondary N) is 1. The molecule has 1 heterocycles. The molecule has 25 heavy (non-hydrogen) atoms. The van der Waals surface area contributed by atoms with Gasteiger partial charge in [-0.05, 0) is 29.7 Å². The number of hydrogen-bond acceptors (Lipinski definition) is 3. The number of carbonyl (C=O) groups excluding carboxylic acids is 2. The summed E-state index contributed by atoms with van der Waals surface area (Å²) in [7, 11) is 0. The number of rotatable bonds is 5. The third-order valence-electron chi connectivity index (χ3n) is 4.23. The number of halogens is 1. The molecule has 0 spiro atoms. The maximum absolute atomic E-state index is 12.1. The average Bonchev–Trinajstić information content (AvgIpc) is 2.99. The van der Waals surface area contributed by atoms with Crippen molar-refractivity contribution in [2.24, 2.45) is 0 Å².